The molecule has 5 nitrogen and oxygen atoms in total. The molecule has 0 saturated heterocycles. The molecule has 0 radical (unpaired) electrons. The first kappa shape index (κ1) is 18.0. The van der Waals surface area contributed by atoms with Crippen molar-refractivity contribution in [2.45, 2.75) is 64.9 Å². The van der Waals surface area contributed by atoms with E-state index < -0.39 is 0 Å². The molecular formula is C18H31N3O2. The molecule has 1 amide bonds. The monoisotopic (exact) mass is 321 g/mol. The molecule has 0 aliphatic heterocycles. The molecule has 0 bridgehead atoms. The van der Waals surface area contributed by atoms with E-state index in [9.17, 15) is 4.79 Å². The van der Waals surface area contributed by atoms with Crippen LogP contribution < -0.4 is 5.32 Å². The van der Waals surface area contributed by atoms with Crippen LogP contribution in [-0.2, 0) is 18.2 Å². The number of nitrogens with one attached hydrogen (secondary N) is 1. The molecular weight excluding hydrogens is 290 g/mol. The Morgan fingerprint density at radius 1 is 1.39 bits per heavy atom. The van der Waals surface area contributed by atoms with Gasteiger partial charge in [-0.2, -0.15) is 5.10 Å². The van der Waals surface area contributed by atoms with Crippen LogP contribution in [-0.4, -0.2) is 34.9 Å². The highest BCUT2D eigenvalue weighted by Crippen LogP contribution is 2.20. The third kappa shape index (κ3) is 5.98. The number of hydrogen-bond donors (Lipinski definition) is 1. The highest BCUT2D eigenvalue weighted by molar-refractivity contribution is 5.92. The number of carbonyl (C=O) groups excluding carboxylic acids is 1. The Bertz CT molecular complexity index is 490. The molecule has 130 valence electrons. The molecule has 2 rings (SSSR count). The van der Waals surface area contributed by atoms with E-state index in [4.69, 9.17) is 4.74 Å². The van der Waals surface area contributed by atoms with Gasteiger partial charge < -0.3 is 10.1 Å². The third-order valence-corrected chi connectivity index (χ3v) is 4.29. The van der Waals surface area contributed by atoms with Gasteiger partial charge in [0, 0.05) is 20.2 Å². The lowest BCUT2D eigenvalue weighted by molar-refractivity contribution is 0.0273. The SMILES string of the molecule is CC(C)Cc1cc(C(=O)NCCCOC2CCCCC2)n(C)n1. The van der Waals surface area contributed by atoms with E-state index in [2.05, 4.69) is 24.3 Å². The lowest BCUT2D eigenvalue weighted by Gasteiger charge is -2.21. The molecule has 1 aromatic rings. The van der Waals surface area contributed by atoms with E-state index in [1.54, 1.807) is 4.68 Å². The zero-order valence-corrected chi connectivity index (χ0v) is 14.8. The molecule has 0 aromatic carbocycles. The largest absolute Gasteiger partial charge is 0.378 e. The molecule has 1 N–H and O–H groups in total. The van der Waals surface area contributed by atoms with E-state index in [-0.39, 0.29) is 5.91 Å². The maximum atomic E-state index is 12.2. The quantitative estimate of drug-likeness (QED) is 0.749. The van der Waals surface area contributed by atoms with Crippen LogP contribution in [0.5, 0.6) is 0 Å². The summed E-state index contributed by atoms with van der Waals surface area (Å²) in [5, 5.41) is 7.37. The van der Waals surface area contributed by atoms with Gasteiger partial charge in [-0.15, -0.1) is 0 Å². The number of hydrogen-bond acceptors (Lipinski definition) is 3. The van der Waals surface area contributed by atoms with Gasteiger partial charge in [0.05, 0.1) is 11.8 Å². The minimum Gasteiger partial charge on any atom is -0.378 e. The minimum atomic E-state index is -0.0485. The molecule has 0 atom stereocenters. The number of aryl methyl sites for hydroxylation is 1. The summed E-state index contributed by atoms with van der Waals surface area (Å²) in [6.45, 7) is 5.69. The Morgan fingerprint density at radius 3 is 2.83 bits per heavy atom. The Hall–Kier alpha value is -1.36. The van der Waals surface area contributed by atoms with Crippen molar-refractivity contribution in [3.05, 3.63) is 17.5 Å². The number of aromatic nitrogens is 2. The Labute approximate surface area is 139 Å². The second-order valence-corrected chi connectivity index (χ2v) is 6.98. The number of ether oxygens (including phenoxy) is 1. The zero-order valence-electron chi connectivity index (χ0n) is 14.8. The molecule has 1 fully saturated rings. The summed E-state index contributed by atoms with van der Waals surface area (Å²) in [5.74, 6) is 0.491. The molecule has 1 heterocycles. The fourth-order valence-electron chi connectivity index (χ4n) is 3.10. The molecule has 1 aromatic heterocycles. The van der Waals surface area contributed by atoms with Crippen molar-refractivity contribution in [1.29, 1.82) is 0 Å². The fourth-order valence-corrected chi connectivity index (χ4v) is 3.10. The third-order valence-electron chi connectivity index (χ3n) is 4.29. The van der Waals surface area contributed by atoms with Crippen LogP contribution in [0.25, 0.3) is 0 Å². The van der Waals surface area contributed by atoms with E-state index in [0.29, 0.717) is 24.3 Å². The van der Waals surface area contributed by atoms with Crippen LogP contribution in [0.1, 0.15) is 68.6 Å². The summed E-state index contributed by atoms with van der Waals surface area (Å²) >= 11 is 0. The van der Waals surface area contributed by atoms with Crippen LogP contribution in [0.2, 0.25) is 0 Å². The van der Waals surface area contributed by atoms with Crippen LogP contribution in [0.15, 0.2) is 6.07 Å². The van der Waals surface area contributed by atoms with Gasteiger partial charge in [0.2, 0.25) is 0 Å². The average molecular weight is 321 g/mol. The van der Waals surface area contributed by atoms with E-state index in [0.717, 1.165) is 25.1 Å². The van der Waals surface area contributed by atoms with Gasteiger partial charge in [-0.1, -0.05) is 33.1 Å². The second kappa shape index (κ2) is 9.06. The van der Waals surface area contributed by atoms with Crippen molar-refractivity contribution < 1.29 is 9.53 Å². The van der Waals surface area contributed by atoms with Gasteiger partial charge in [0.1, 0.15) is 5.69 Å². The first-order valence-electron chi connectivity index (χ1n) is 8.99. The number of carbonyl (C=O) groups is 1. The van der Waals surface area contributed by atoms with Crippen molar-refractivity contribution in [2.24, 2.45) is 13.0 Å². The van der Waals surface area contributed by atoms with Crippen molar-refractivity contribution in [3.8, 4) is 0 Å². The average Bonchev–Trinajstić information content (AvgIpc) is 2.87. The first-order chi connectivity index (χ1) is 11.1. The lowest BCUT2D eigenvalue weighted by Crippen LogP contribution is -2.27. The highest BCUT2D eigenvalue weighted by Gasteiger charge is 2.15. The molecule has 0 spiro atoms. The summed E-state index contributed by atoms with van der Waals surface area (Å²) in [6.07, 6.45) is 8.52. The predicted octanol–water partition coefficient (Wildman–Crippen LogP) is 3.09. The van der Waals surface area contributed by atoms with Crippen LogP contribution in [0.4, 0.5) is 0 Å². The van der Waals surface area contributed by atoms with Gasteiger partial charge in [-0.05, 0) is 37.7 Å². The normalized spacial score (nSPS) is 16.0. The Morgan fingerprint density at radius 2 is 2.13 bits per heavy atom. The highest BCUT2D eigenvalue weighted by atomic mass is 16.5. The lowest BCUT2D eigenvalue weighted by atomic mass is 9.98. The van der Waals surface area contributed by atoms with Gasteiger partial charge in [0.15, 0.2) is 0 Å². The summed E-state index contributed by atoms with van der Waals surface area (Å²) in [6, 6.07) is 1.90. The maximum absolute atomic E-state index is 12.2. The van der Waals surface area contributed by atoms with Crippen molar-refractivity contribution in [2.75, 3.05) is 13.2 Å². The van der Waals surface area contributed by atoms with E-state index >= 15 is 0 Å². The molecule has 1 saturated carbocycles. The zero-order chi connectivity index (χ0) is 16.7. The van der Waals surface area contributed by atoms with Gasteiger partial charge in [0.25, 0.3) is 5.91 Å². The topological polar surface area (TPSA) is 56.1 Å². The van der Waals surface area contributed by atoms with Crippen molar-refractivity contribution in [3.63, 3.8) is 0 Å². The Kier molecular flexibility index (Phi) is 7.09. The number of nitrogens with zero attached hydrogens (tertiary/aromatic N) is 2. The molecule has 1 aliphatic carbocycles. The summed E-state index contributed by atoms with van der Waals surface area (Å²) in [7, 11) is 1.82. The van der Waals surface area contributed by atoms with Gasteiger partial charge in [-0.25, -0.2) is 0 Å². The van der Waals surface area contributed by atoms with Crippen LogP contribution in [0.3, 0.4) is 0 Å². The Balaban J connectivity index is 1.67. The maximum Gasteiger partial charge on any atom is 0.269 e. The summed E-state index contributed by atoms with van der Waals surface area (Å²) in [5.41, 5.74) is 1.61. The summed E-state index contributed by atoms with van der Waals surface area (Å²) < 4.78 is 7.55. The van der Waals surface area contributed by atoms with E-state index in [1.165, 1.54) is 32.1 Å². The molecule has 1 aliphatic rings. The minimum absolute atomic E-state index is 0.0485. The summed E-state index contributed by atoms with van der Waals surface area (Å²) in [4.78, 5) is 12.2. The molecule has 0 unspecified atom stereocenters. The fraction of sp³-hybridized carbons (Fsp3) is 0.778. The molecule has 23 heavy (non-hydrogen) atoms. The van der Waals surface area contributed by atoms with Gasteiger partial charge in [-0.3, -0.25) is 9.48 Å². The van der Waals surface area contributed by atoms with Crippen LogP contribution in [0, 0.1) is 5.92 Å². The smallest absolute Gasteiger partial charge is 0.269 e. The predicted molar refractivity (Wildman–Crippen MR) is 91.5 cm³/mol. The molecule has 5 heteroatoms. The van der Waals surface area contributed by atoms with Crippen molar-refractivity contribution in [1.82, 2.24) is 15.1 Å². The van der Waals surface area contributed by atoms with Gasteiger partial charge >= 0.3 is 0 Å². The number of amides is 1. The van der Waals surface area contributed by atoms with Crippen molar-refractivity contribution >= 4 is 5.91 Å². The van der Waals surface area contributed by atoms with Crippen LogP contribution >= 0.6 is 0 Å². The first-order valence-corrected chi connectivity index (χ1v) is 8.99. The van der Waals surface area contributed by atoms with E-state index in [1.807, 2.05) is 13.1 Å². The standard InChI is InChI=1S/C18H31N3O2/c1-14(2)12-15-13-17(21(3)20-15)18(22)19-10-7-11-23-16-8-5-4-6-9-16/h13-14,16H,4-12H2,1-3H3,(H,19,22). The second-order valence-electron chi connectivity index (χ2n) is 6.98. The number of rotatable bonds is 8.